The molecule has 0 rings (SSSR count). The molecule has 2 N–H and O–H groups in total. The van der Waals surface area contributed by atoms with E-state index in [1.807, 2.05) is 6.92 Å². The molecule has 1 atom stereocenters. The van der Waals surface area contributed by atoms with Gasteiger partial charge in [0.05, 0.1) is 5.92 Å². The van der Waals surface area contributed by atoms with Crippen LogP contribution in [0, 0.1) is 5.92 Å². The van der Waals surface area contributed by atoms with E-state index in [4.69, 9.17) is 5.11 Å². The number of aliphatic carboxylic acids is 1. The minimum Gasteiger partial charge on any atom is -0.481 e. The van der Waals surface area contributed by atoms with Gasteiger partial charge < -0.3 is 10.4 Å². The van der Waals surface area contributed by atoms with Crippen molar-refractivity contribution >= 4 is 5.97 Å². The monoisotopic (exact) mass is 217 g/mol. The van der Waals surface area contributed by atoms with Crippen molar-refractivity contribution in [2.75, 3.05) is 0 Å². The van der Waals surface area contributed by atoms with Crippen molar-refractivity contribution in [1.82, 2.24) is 5.32 Å². The molecule has 0 saturated heterocycles. The van der Waals surface area contributed by atoms with E-state index in [1.54, 1.807) is 6.92 Å². The second kappa shape index (κ2) is 9.97. The lowest BCUT2D eigenvalue weighted by Gasteiger charge is -2.10. The molecule has 1 unspecified atom stereocenters. The molecule has 3 heteroatoms. The first-order valence-electron chi connectivity index (χ1n) is 5.80. The predicted molar refractivity (Wildman–Crippen MR) is 65.1 cm³/mol. The second-order valence-electron chi connectivity index (χ2n) is 4.50. The highest BCUT2D eigenvalue weighted by Crippen LogP contribution is 2.03. The average molecular weight is 217 g/mol. The Morgan fingerprint density at radius 1 is 1.13 bits per heavy atom. The van der Waals surface area contributed by atoms with Crippen LogP contribution < -0.4 is 5.32 Å². The van der Waals surface area contributed by atoms with Crippen LogP contribution in [-0.4, -0.2) is 23.2 Å². The van der Waals surface area contributed by atoms with Crippen LogP contribution in [0.2, 0.25) is 0 Å². The molecule has 0 aliphatic heterocycles. The minimum absolute atomic E-state index is 0.167. The zero-order valence-electron chi connectivity index (χ0n) is 11.0. The first-order chi connectivity index (χ1) is 6.81. The van der Waals surface area contributed by atoms with Gasteiger partial charge >= 0.3 is 5.97 Å². The summed E-state index contributed by atoms with van der Waals surface area (Å²) in [7, 11) is 0. The van der Waals surface area contributed by atoms with E-state index in [-0.39, 0.29) is 5.92 Å². The Hall–Kier alpha value is -0.570. The first-order valence-corrected chi connectivity index (χ1v) is 5.80. The predicted octanol–water partition coefficient (Wildman–Crippen LogP) is 2.90. The van der Waals surface area contributed by atoms with Gasteiger partial charge in [-0.05, 0) is 6.42 Å². The largest absolute Gasteiger partial charge is 0.481 e. The Morgan fingerprint density at radius 2 is 1.53 bits per heavy atom. The molecule has 0 fully saturated rings. The summed E-state index contributed by atoms with van der Waals surface area (Å²) in [5.74, 6) is -0.855. The van der Waals surface area contributed by atoms with E-state index in [0.717, 1.165) is 12.8 Å². The lowest BCUT2D eigenvalue weighted by Crippen LogP contribution is -2.29. The Morgan fingerprint density at radius 3 is 1.60 bits per heavy atom. The van der Waals surface area contributed by atoms with Crippen LogP contribution in [0.5, 0.6) is 0 Å². The van der Waals surface area contributed by atoms with Crippen LogP contribution >= 0.6 is 0 Å². The minimum atomic E-state index is -0.688. The van der Waals surface area contributed by atoms with Crippen LogP contribution in [0.1, 0.15) is 54.4 Å². The van der Waals surface area contributed by atoms with E-state index in [9.17, 15) is 4.79 Å². The molecule has 0 amide bonds. The van der Waals surface area contributed by atoms with E-state index in [1.165, 1.54) is 0 Å². The second-order valence-corrected chi connectivity index (χ2v) is 4.50. The van der Waals surface area contributed by atoms with Crippen LogP contribution in [0.15, 0.2) is 0 Å². The van der Waals surface area contributed by atoms with Gasteiger partial charge in [0.2, 0.25) is 0 Å². The highest BCUT2D eigenvalue weighted by Gasteiger charge is 2.07. The van der Waals surface area contributed by atoms with Gasteiger partial charge in [-0.1, -0.05) is 48.0 Å². The van der Waals surface area contributed by atoms with E-state index in [0.29, 0.717) is 12.1 Å². The lowest BCUT2D eigenvalue weighted by molar-refractivity contribution is -0.141. The van der Waals surface area contributed by atoms with Crippen molar-refractivity contribution in [1.29, 1.82) is 0 Å². The third-order valence-electron chi connectivity index (χ3n) is 1.81. The van der Waals surface area contributed by atoms with Crippen molar-refractivity contribution in [3.8, 4) is 0 Å². The molecule has 0 aromatic carbocycles. The number of carboxylic acid groups (broad SMARTS) is 1. The summed E-state index contributed by atoms with van der Waals surface area (Å²) < 4.78 is 0. The number of hydrogen-bond donors (Lipinski definition) is 2. The van der Waals surface area contributed by atoms with Crippen LogP contribution in [0.25, 0.3) is 0 Å². The maximum atomic E-state index is 10.1. The molecule has 3 nitrogen and oxygen atoms in total. The maximum absolute atomic E-state index is 10.1. The Labute approximate surface area is 94.3 Å². The highest BCUT2D eigenvalue weighted by atomic mass is 16.4. The molecule has 0 aliphatic carbocycles. The smallest absolute Gasteiger partial charge is 0.306 e. The van der Waals surface area contributed by atoms with Gasteiger partial charge in [-0.15, -0.1) is 0 Å². The zero-order chi connectivity index (χ0) is 12.4. The number of rotatable bonds is 5. The number of hydrogen-bond acceptors (Lipinski definition) is 2. The van der Waals surface area contributed by atoms with E-state index in [2.05, 4.69) is 33.0 Å². The maximum Gasteiger partial charge on any atom is 0.306 e. The van der Waals surface area contributed by atoms with Gasteiger partial charge in [0, 0.05) is 12.1 Å². The zero-order valence-corrected chi connectivity index (χ0v) is 11.0. The molecule has 0 aromatic heterocycles. The molecule has 0 aromatic rings. The average Bonchev–Trinajstić information content (AvgIpc) is 2.02. The fourth-order valence-electron chi connectivity index (χ4n) is 1.22. The fourth-order valence-corrected chi connectivity index (χ4v) is 1.22. The summed E-state index contributed by atoms with van der Waals surface area (Å²) >= 11 is 0. The fraction of sp³-hybridized carbons (Fsp3) is 0.917. The number of carboxylic acids is 1. The summed E-state index contributed by atoms with van der Waals surface area (Å²) in [6.45, 7) is 12.3. The van der Waals surface area contributed by atoms with Gasteiger partial charge in [0.25, 0.3) is 0 Å². The summed E-state index contributed by atoms with van der Waals surface area (Å²) in [4.78, 5) is 10.1. The topological polar surface area (TPSA) is 49.3 Å². The SMILES string of the molecule is CC(C)NC(C)C.CCCC(C)C(=O)O. The molecule has 0 radical (unpaired) electrons. The summed E-state index contributed by atoms with van der Waals surface area (Å²) in [6.07, 6.45) is 1.74. The van der Waals surface area contributed by atoms with Gasteiger partial charge in [-0.25, -0.2) is 0 Å². The summed E-state index contributed by atoms with van der Waals surface area (Å²) in [6, 6.07) is 1.25. The molecule has 0 spiro atoms. The van der Waals surface area contributed by atoms with E-state index >= 15 is 0 Å². The highest BCUT2D eigenvalue weighted by molar-refractivity contribution is 5.69. The van der Waals surface area contributed by atoms with Crippen LogP contribution in [-0.2, 0) is 4.79 Å². The van der Waals surface area contributed by atoms with Crippen LogP contribution in [0.3, 0.4) is 0 Å². The Kier molecular flexibility index (Phi) is 11.2. The van der Waals surface area contributed by atoms with Crippen molar-refractivity contribution < 1.29 is 9.90 Å². The third-order valence-corrected chi connectivity index (χ3v) is 1.81. The standard InChI is InChI=1S/C6H15N.C6H12O2/c1-5(2)7-6(3)4;1-3-4-5(2)6(7)8/h5-7H,1-4H3;5H,3-4H2,1-2H3,(H,7,8). The molecule has 0 bridgehead atoms. The molecule has 15 heavy (non-hydrogen) atoms. The molecule has 0 aliphatic rings. The molecule has 0 heterocycles. The van der Waals surface area contributed by atoms with Gasteiger partial charge in [-0.2, -0.15) is 0 Å². The van der Waals surface area contributed by atoms with Crippen molar-refractivity contribution in [3.05, 3.63) is 0 Å². The van der Waals surface area contributed by atoms with Gasteiger partial charge in [0.1, 0.15) is 0 Å². The normalized spacial score (nSPS) is 12.3. The quantitative estimate of drug-likeness (QED) is 0.744. The van der Waals surface area contributed by atoms with Crippen molar-refractivity contribution in [2.45, 2.75) is 66.5 Å². The molecular weight excluding hydrogens is 190 g/mol. The first kappa shape index (κ1) is 16.8. The lowest BCUT2D eigenvalue weighted by atomic mass is 10.1. The van der Waals surface area contributed by atoms with Crippen LogP contribution in [0.4, 0.5) is 0 Å². The summed E-state index contributed by atoms with van der Waals surface area (Å²) in [5, 5.41) is 11.6. The number of nitrogens with one attached hydrogen (secondary N) is 1. The van der Waals surface area contributed by atoms with Crippen molar-refractivity contribution in [2.24, 2.45) is 5.92 Å². The Balaban J connectivity index is 0. The molecule has 0 saturated carbocycles. The molecular formula is C12H27NO2. The third kappa shape index (κ3) is 16.1. The Bertz CT molecular complexity index is 150. The molecule has 92 valence electrons. The van der Waals surface area contributed by atoms with E-state index < -0.39 is 5.97 Å². The summed E-state index contributed by atoms with van der Waals surface area (Å²) in [5.41, 5.74) is 0. The number of carbonyl (C=O) groups is 1. The van der Waals surface area contributed by atoms with Gasteiger partial charge in [0.15, 0.2) is 0 Å². The van der Waals surface area contributed by atoms with Gasteiger partial charge in [-0.3, -0.25) is 4.79 Å². The van der Waals surface area contributed by atoms with Crippen molar-refractivity contribution in [3.63, 3.8) is 0 Å².